The molecular formula is C71H119NO10. The van der Waals surface area contributed by atoms with Gasteiger partial charge in [-0.05, 0) is 96.3 Å². The van der Waals surface area contributed by atoms with Crippen LogP contribution in [0.2, 0.25) is 0 Å². The van der Waals surface area contributed by atoms with Gasteiger partial charge in [0.2, 0.25) is 5.91 Å². The summed E-state index contributed by atoms with van der Waals surface area (Å²) < 4.78 is 17.6. The minimum absolute atomic E-state index is 0.105. The number of carbonyl (C=O) groups is 2. The Labute approximate surface area is 500 Å². The van der Waals surface area contributed by atoms with Crippen molar-refractivity contribution in [2.75, 3.05) is 13.2 Å². The van der Waals surface area contributed by atoms with E-state index in [1.54, 1.807) is 6.08 Å². The quantitative estimate of drug-likeness (QED) is 0.0149. The number of unbranched alkanes of at least 4 members (excludes halogenated alkanes) is 24. The molecule has 0 radical (unpaired) electrons. The van der Waals surface area contributed by atoms with E-state index >= 15 is 0 Å². The van der Waals surface area contributed by atoms with Gasteiger partial charge in [0.15, 0.2) is 12.4 Å². The van der Waals surface area contributed by atoms with Crippen molar-refractivity contribution in [2.24, 2.45) is 0 Å². The summed E-state index contributed by atoms with van der Waals surface area (Å²) in [5, 5.41) is 57.0. The zero-order valence-corrected chi connectivity index (χ0v) is 51.8. The van der Waals surface area contributed by atoms with Crippen LogP contribution in [0.3, 0.4) is 0 Å². The van der Waals surface area contributed by atoms with Crippen molar-refractivity contribution in [1.82, 2.24) is 5.32 Å². The number of rotatable bonds is 54. The van der Waals surface area contributed by atoms with Gasteiger partial charge in [-0.3, -0.25) is 9.59 Å². The fraction of sp³-hybridized carbons (Fsp3) is 0.690. The van der Waals surface area contributed by atoms with Gasteiger partial charge in [0.25, 0.3) is 0 Å². The van der Waals surface area contributed by atoms with Crippen LogP contribution in [0, 0.1) is 0 Å². The third-order valence-electron chi connectivity index (χ3n) is 14.7. The molecule has 0 bridgehead atoms. The third-order valence-corrected chi connectivity index (χ3v) is 14.7. The van der Waals surface area contributed by atoms with E-state index in [0.29, 0.717) is 12.8 Å². The molecule has 0 aromatic rings. The molecule has 0 aromatic heterocycles. The van der Waals surface area contributed by atoms with Crippen molar-refractivity contribution in [3.05, 3.63) is 122 Å². The predicted molar refractivity (Wildman–Crippen MR) is 342 cm³/mol. The van der Waals surface area contributed by atoms with Crippen LogP contribution in [0.15, 0.2) is 122 Å². The number of aliphatic hydroxyl groups is 5. The first-order valence-corrected chi connectivity index (χ1v) is 32.8. The minimum Gasteiger partial charge on any atom is -0.454 e. The van der Waals surface area contributed by atoms with E-state index in [0.717, 1.165) is 141 Å². The number of hydrogen-bond acceptors (Lipinski definition) is 10. The van der Waals surface area contributed by atoms with Crippen LogP contribution in [-0.2, 0) is 23.8 Å². The molecule has 11 nitrogen and oxygen atoms in total. The molecule has 1 aliphatic rings. The number of nitrogens with one attached hydrogen (secondary N) is 1. The normalized spacial score (nSPS) is 19.4. The molecule has 0 spiro atoms. The minimum atomic E-state index is -1.63. The van der Waals surface area contributed by atoms with Gasteiger partial charge in [0.05, 0.1) is 25.4 Å². The number of aliphatic hydroxyl groups excluding tert-OH is 5. The first kappa shape index (κ1) is 76.1. The van der Waals surface area contributed by atoms with Crippen molar-refractivity contribution in [2.45, 2.75) is 301 Å². The lowest BCUT2D eigenvalue weighted by Gasteiger charge is -2.41. The molecule has 0 aromatic carbocycles. The standard InChI is InChI=1S/C71H119NO10/c1-4-7-10-13-16-19-22-25-27-28-29-30-31-32-33-34-35-36-37-38-39-41-44-47-50-53-56-59-66(76)82-69-68(78)67(77)65(60-73)81-71(69)80-61-62(63(74)57-54-51-48-45-42-24-21-18-15-12-9-6-3)72-70(79)64(75)58-55-52-49-46-43-40-26-23-20-17-14-11-8-5-2/h7-8,10-11,14,16-17,19-20,23,25,27,29-30,32-33,35-36,54,57,62-65,67-69,71,73-75,77-78H,4-6,9,12-13,15,18,21-22,24,26,28,31,34,37-53,55-56,58-61H2,1-3H3,(H,72,79)/b10-7-,11-8+,17-14+,19-16-,23-20+,27-25-,30-29-,33-32-,36-35-,57-54+. The maximum Gasteiger partial charge on any atom is 0.306 e. The topological polar surface area (TPSA) is 175 Å². The van der Waals surface area contributed by atoms with Gasteiger partial charge in [0, 0.05) is 6.42 Å². The van der Waals surface area contributed by atoms with Crippen LogP contribution >= 0.6 is 0 Å². The number of carbonyl (C=O) groups excluding carboxylic acids is 2. The van der Waals surface area contributed by atoms with E-state index in [4.69, 9.17) is 14.2 Å². The fourth-order valence-corrected chi connectivity index (χ4v) is 9.54. The van der Waals surface area contributed by atoms with Gasteiger partial charge in [-0.1, -0.05) is 271 Å². The van der Waals surface area contributed by atoms with Crippen LogP contribution < -0.4 is 5.32 Å². The van der Waals surface area contributed by atoms with Crippen LogP contribution in [0.25, 0.3) is 0 Å². The molecule has 11 heteroatoms. The Hall–Kier alpha value is -3.94. The predicted octanol–water partition coefficient (Wildman–Crippen LogP) is 16.2. The molecule has 1 fully saturated rings. The number of ether oxygens (including phenoxy) is 3. The van der Waals surface area contributed by atoms with Crippen molar-refractivity contribution in [3.63, 3.8) is 0 Å². The summed E-state index contributed by atoms with van der Waals surface area (Å²) >= 11 is 0. The van der Waals surface area contributed by atoms with E-state index in [9.17, 15) is 35.1 Å². The molecule has 1 saturated heterocycles. The lowest BCUT2D eigenvalue weighted by Crippen LogP contribution is -2.61. The molecule has 8 atom stereocenters. The van der Waals surface area contributed by atoms with Gasteiger partial charge >= 0.3 is 5.97 Å². The Kier molecular flexibility index (Phi) is 53.3. The molecule has 0 aliphatic carbocycles. The summed E-state index contributed by atoms with van der Waals surface area (Å²) in [6.45, 7) is 5.52. The van der Waals surface area contributed by atoms with E-state index in [2.05, 4.69) is 123 Å². The van der Waals surface area contributed by atoms with Crippen molar-refractivity contribution in [3.8, 4) is 0 Å². The average Bonchev–Trinajstić information content (AvgIpc) is 3.48. The molecule has 0 saturated carbocycles. The SMILES string of the molecule is CC/C=C\C/C=C\C/C=C\C/C=C\C/C=C\C/C=C\CCCCCCCCCCC(=O)OC1C(OCC(NC(=O)C(O)CCCCCCCC/C=C/C=C/C=C/CC)C(O)/C=C/CCCCCCCCCCCC)OC(CO)C(O)C1O. The molecule has 468 valence electrons. The second kappa shape index (κ2) is 57.5. The number of hydrogen-bond donors (Lipinski definition) is 6. The second-order valence-corrected chi connectivity index (χ2v) is 22.1. The summed E-state index contributed by atoms with van der Waals surface area (Å²) in [7, 11) is 0. The molecule has 1 aliphatic heterocycles. The zero-order valence-electron chi connectivity index (χ0n) is 51.8. The summed E-state index contributed by atoms with van der Waals surface area (Å²) in [6, 6.07) is -1.04. The molecule has 1 rings (SSSR count). The first-order chi connectivity index (χ1) is 40.2. The van der Waals surface area contributed by atoms with E-state index in [-0.39, 0.29) is 19.4 Å². The summed E-state index contributed by atoms with van der Waals surface area (Å²) in [4.78, 5) is 26.6. The molecule has 1 heterocycles. The Balaban J connectivity index is 2.60. The van der Waals surface area contributed by atoms with E-state index < -0.39 is 67.4 Å². The Morgan fingerprint density at radius 2 is 0.939 bits per heavy atom. The van der Waals surface area contributed by atoms with Gasteiger partial charge in [-0.15, -0.1) is 0 Å². The van der Waals surface area contributed by atoms with Crippen LogP contribution in [0.1, 0.15) is 252 Å². The summed E-state index contributed by atoms with van der Waals surface area (Å²) in [5.74, 6) is -1.22. The van der Waals surface area contributed by atoms with Gasteiger partial charge < -0.3 is 45.1 Å². The molecule has 6 N–H and O–H groups in total. The van der Waals surface area contributed by atoms with E-state index in [1.807, 2.05) is 18.2 Å². The smallest absolute Gasteiger partial charge is 0.306 e. The maximum absolute atomic E-state index is 13.4. The van der Waals surface area contributed by atoms with Crippen LogP contribution in [0.4, 0.5) is 0 Å². The van der Waals surface area contributed by atoms with E-state index in [1.165, 1.54) is 64.2 Å². The summed E-state index contributed by atoms with van der Waals surface area (Å²) in [6.07, 6.45) is 69.5. The summed E-state index contributed by atoms with van der Waals surface area (Å²) in [5.41, 5.74) is 0. The van der Waals surface area contributed by atoms with Crippen LogP contribution in [0.5, 0.6) is 0 Å². The highest BCUT2D eigenvalue weighted by Crippen LogP contribution is 2.26. The molecular weight excluding hydrogens is 1030 g/mol. The number of allylic oxidation sites excluding steroid dienone is 19. The van der Waals surface area contributed by atoms with Crippen LogP contribution in [-0.4, -0.2) is 99.6 Å². The van der Waals surface area contributed by atoms with Crippen molar-refractivity contribution >= 4 is 11.9 Å². The first-order valence-electron chi connectivity index (χ1n) is 32.8. The average molecular weight is 1150 g/mol. The zero-order chi connectivity index (χ0) is 59.6. The van der Waals surface area contributed by atoms with Crippen molar-refractivity contribution in [1.29, 1.82) is 0 Å². The number of esters is 1. The third kappa shape index (κ3) is 44.6. The maximum atomic E-state index is 13.4. The largest absolute Gasteiger partial charge is 0.454 e. The van der Waals surface area contributed by atoms with Crippen molar-refractivity contribution < 1.29 is 49.3 Å². The Morgan fingerprint density at radius 1 is 0.500 bits per heavy atom. The lowest BCUT2D eigenvalue weighted by atomic mass is 9.99. The molecule has 8 unspecified atom stereocenters. The second-order valence-electron chi connectivity index (χ2n) is 22.1. The van der Waals surface area contributed by atoms with Gasteiger partial charge in [0.1, 0.15) is 24.4 Å². The number of amides is 1. The highest BCUT2D eigenvalue weighted by atomic mass is 16.7. The Morgan fingerprint density at radius 3 is 1.45 bits per heavy atom. The fourth-order valence-electron chi connectivity index (χ4n) is 9.54. The highest BCUT2D eigenvalue weighted by Gasteiger charge is 2.47. The monoisotopic (exact) mass is 1150 g/mol. The Bertz CT molecular complexity index is 1800. The molecule has 82 heavy (non-hydrogen) atoms. The van der Waals surface area contributed by atoms with Gasteiger partial charge in [-0.25, -0.2) is 0 Å². The van der Waals surface area contributed by atoms with Gasteiger partial charge in [-0.2, -0.15) is 0 Å². The highest BCUT2D eigenvalue weighted by molar-refractivity contribution is 5.80. The molecule has 1 amide bonds. The lowest BCUT2D eigenvalue weighted by molar-refractivity contribution is -0.305.